The monoisotopic (exact) mass is 317 g/mol. The fourth-order valence-electron chi connectivity index (χ4n) is 1.37. The van der Waals surface area contributed by atoms with Crippen LogP contribution in [0.4, 0.5) is 4.39 Å². The predicted octanol–water partition coefficient (Wildman–Crippen LogP) is 2.24. The van der Waals surface area contributed by atoms with Gasteiger partial charge in [-0.2, -0.15) is 11.8 Å². The summed E-state index contributed by atoms with van der Waals surface area (Å²) in [6.45, 7) is 1.30. The number of halogens is 1. The first kappa shape index (κ1) is 16.8. The first-order valence-corrected chi connectivity index (χ1v) is 8.09. The SMILES string of the molecule is CC(=O)N[C@@H](CSCCSc1ccc(F)cc1)C(=O)O. The van der Waals surface area contributed by atoms with Gasteiger partial charge in [0.05, 0.1) is 0 Å². The molecule has 1 aromatic rings. The molecule has 1 amide bonds. The molecule has 0 radical (unpaired) electrons. The smallest absolute Gasteiger partial charge is 0.327 e. The molecule has 0 aliphatic heterocycles. The van der Waals surface area contributed by atoms with Gasteiger partial charge in [0.15, 0.2) is 0 Å². The predicted molar refractivity (Wildman–Crippen MR) is 79.7 cm³/mol. The van der Waals surface area contributed by atoms with E-state index in [2.05, 4.69) is 5.32 Å². The number of carbonyl (C=O) groups is 2. The highest BCUT2D eigenvalue weighted by molar-refractivity contribution is 8.03. The van der Waals surface area contributed by atoms with Gasteiger partial charge in [-0.15, -0.1) is 11.8 Å². The molecule has 0 heterocycles. The van der Waals surface area contributed by atoms with Crippen LogP contribution in [0, 0.1) is 5.82 Å². The second-order valence-electron chi connectivity index (χ2n) is 3.97. The summed E-state index contributed by atoms with van der Waals surface area (Å²) < 4.78 is 12.7. The van der Waals surface area contributed by atoms with E-state index in [0.29, 0.717) is 5.75 Å². The number of hydrogen-bond donors (Lipinski definition) is 2. The molecular formula is C13H16FNO3S2. The zero-order valence-electron chi connectivity index (χ0n) is 11.0. The highest BCUT2D eigenvalue weighted by Crippen LogP contribution is 2.19. The van der Waals surface area contributed by atoms with E-state index in [1.165, 1.54) is 30.8 Å². The second-order valence-corrected chi connectivity index (χ2v) is 6.29. The van der Waals surface area contributed by atoms with Gasteiger partial charge in [-0.25, -0.2) is 9.18 Å². The number of carboxylic acids is 1. The summed E-state index contributed by atoms with van der Waals surface area (Å²) in [7, 11) is 0. The van der Waals surface area contributed by atoms with E-state index in [1.54, 1.807) is 23.9 Å². The minimum absolute atomic E-state index is 0.261. The zero-order valence-corrected chi connectivity index (χ0v) is 12.6. The van der Waals surface area contributed by atoms with Crippen LogP contribution in [0.3, 0.4) is 0 Å². The standard InChI is InChI=1S/C13H16FNO3S2/c1-9(16)15-12(13(17)18)8-19-6-7-20-11-4-2-10(14)3-5-11/h2-5,12H,6-8H2,1H3,(H,15,16)(H,17,18)/t12-/m0/s1. The normalized spacial score (nSPS) is 11.9. The molecule has 1 aromatic carbocycles. The van der Waals surface area contributed by atoms with Crippen molar-refractivity contribution in [3.8, 4) is 0 Å². The fraction of sp³-hybridized carbons (Fsp3) is 0.385. The molecule has 0 fully saturated rings. The molecule has 0 aliphatic carbocycles. The number of thioether (sulfide) groups is 2. The van der Waals surface area contributed by atoms with Gasteiger partial charge in [0.25, 0.3) is 0 Å². The molecule has 0 aliphatic rings. The average molecular weight is 317 g/mol. The summed E-state index contributed by atoms with van der Waals surface area (Å²) in [5.74, 6) is 0.244. The van der Waals surface area contributed by atoms with Crippen LogP contribution in [0.25, 0.3) is 0 Å². The minimum atomic E-state index is -1.03. The largest absolute Gasteiger partial charge is 0.480 e. The highest BCUT2D eigenvalue weighted by atomic mass is 32.2. The van der Waals surface area contributed by atoms with Crippen molar-refractivity contribution in [1.82, 2.24) is 5.32 Å². The molecule has 0 saturated carbocycles. The number of carbonyl (C=O) groups excluding carboxylic acids is 1. The number of benzene rings is 1. The van der Waals surface area contributed by atoms with Crippen LogP contribution < -0.4 is 5.32 Å². The van der Waals surface area contributed by atoms with Gasteiger partial charge in [0.2, 0.25) is 5.91 Å². The third-order valence-corrected chi connectivity index (χ3v) is 4.60. The van der Waals surface area contributed by atoms with Crippen molar-refractivity contribution < 1.29 is 19.1 Å². The maximum atomic E-state index is 12.7. The van der Waals surface area contributed by atoms with Gasteiger partial charge in [-0.3, -0.25) is 4.79 Å². The van der Waals surface area contributed by atoms with Crippen LogP contribution in [0.15, 0.2) is 29.2 Å². The lowest BCUT2D eigenvalue weighted by molar-refractivity contribution is -0.140. The van der Waals surface area contributed by atoms with Gasteiger partial charge >= 0.3 is 5.97 Å². The Morgan fingerprint density at radius 2 is 1.95 bits per heavy atom. The average Bonchev–Trinajstić information content (AvgIpc) is 2.38. The van der Waals surface area contributed by atoms with Gasteiger partial charge in [0.1, 0.15) is 11.9 Å². The molecular weight excluding hydrogens is 301 g/mol. The number of rotatable bonds is 8. The summed E-state index contributed by atoms with van der Waals surface area (Å²) in [6.07, 6.45) is 0. The van der Waals surface area contributed by atoms with Gasteiger partial charge < -0.3 is 10.4 Å². The molecule has 1 rings (SSSR count). The van der Waals surface area contributed by atoms with Crippen LogP contribution in [0.1, 0.15) is 6.92 Å². The van der Waals surface area contributed by atoms with Gasteiger partial charge in [-0.05, 0) is 24.3 Å². The Hall–Kier alpha value is -1.21. The van der Waals surface area contributed by atoms with E-state index >= 15 is 0 Å². The van der Waals surface area contributed by atoms with Crippen LogP contribution in [-0.4, -0.2) is 40.3 Å². The van der Waals surface area contributed by atoms with Crippen LogP contribution in [0.2, 0.25) is 0 Å². The Morgan fingerprint density at radius 1 is 1.30 bits per heavy atom. The molecule has 1 atom stereocenters. The highest BCUT2D eigenvalue weighted by Gasteiger charge is 2.17. The lowest BCUT2D eigenvalue weighted by Crippen LogP contribution is -2.41. The van der Waals surface area contributed by atoms with Crippen molar-refractivity contribution in [2.75, 3.05) is 17.3 Å². The van der Waals surface area contributed by atoms with Gasteiger partial charge in [0, 0.05) is 29.1 Å². The van der Waals surface area contributed by atoms with Crippen molar-refractivity contribution in [2.45, 2.75) is 17.9 Å². The number of nitrogens with one attached hydrogen (secondary N) is 1. The topological polar surface area (TPSA) is 66.4 Å². The third kappa shape index (κ3) is 6.81. The molecule has 7 heteroatoms. The number of aliphatic carboxylic acids is 1. The van der Waals surface area contributed by atoms with E-state index in [4.69, 9.17) is 5.11 Å². The summed E-state index contributed by atoms with van der Waals surface area (Å²) in [6, 6.07) is 5.39. The summed E-state index contributed by atoms with van der Waals surface area (Å²) in [5.41, 5.74) is 0. The number of amides is 1. The fourth-order valence-corrected chi connectivity index (χ4v) is 3.37. The van der Waals surface area contributed by atoms with Gasteiger partial charge in [-0.1, -0.05) is 0 Å². The van der Waals surface area contributed by atoms with E-state index < -0.39 is 12.0 Å². The molecule has 0 aromatic heterocycles. The second kappa shape index (κ2) is 8.86. The van der Waals surface area contributed by atoms with Crippen molar-refractivity contribution in [3.05, 3.63) is 30.1 Å². The van der Waals surface area contributed by atoms with Crippen molar-refractivity contribution in [1.29, 1.82) is 0 Å². The Bertz CT molecular complexity index is 453. The Morgan fingerprint density at radius 3 is 2.50 bits per heavy atom. The molecule has 0 bridgehead atoms. The maximum absolute atomic E-state index is 12.7. The molecule has 20 heavy (non-hydrogen) atoms. The molecule has 2 N–H and O–H groups in total. The Labute approximate surface area is 125 Å². The molecule has 110 valence electrons. The molecule has 4 nitrogen and oxygen atoms in total. The lowest BCUT2D eigenvalue weighted by atomic mass is 10.3. The zero-order chi connectivity index (χ0) is 15.0. The maximum Gasteiger partial charge on any atom is 0.327 e. The van der Waals surface area contributed by atoms with Crippen LogP contribution in [-0.2, 0) is 9.59 Å². The Balaban J connectivity index is 2.21. The quantitative estimate of drug-likeness (QED) is 0.568. The van der Waals surface area contributed by atoms with Crippen molar-refractivity contribution >= 4 is 35.4 Å². The van der Waals surface area contributed by atoms with E-state index in [0.717, 1.165) is 16.4 Å². The Kier molecular flexibility index (Phi) is 7.46. The summed E-state index contributed by atoms with van der Waals surface area (Å²) >= 11 is 3.04. The lowest BCUT2D eigenvalue weighted by Gasteiger charge is -2.12. The van der Waals surface area contributed by atoms with Crippen LogP contribution in [0.5, 0.6) is 0 Å². The first-order chi connectivity index (χ1) is 9.49. The number of hydrogen-bond acceptors (Lipinski definition) is 4. The van der Waals surface area contributed by atoms with Crippen LogP contribution >= 0.6 is 23.5 Å². The van der Waals surface area contributed by atoms with E-state index in [9.17, 15) is 14.0 Å². The minimum Gasteiger partial charge on any atom is -0.480 e. The molecule has 0 saturated heterocycles. The first-order valence-electron chi connectivity index (χ1n) is 5.95. The van der Waals surface area contributed by atoms with E-state index in [1.807, 2.05) is 0 Å². The molecule has 0 unspecified atom stereocenters. The summed E-state index contributed by atoms with van der Waals surface area (Å²) in [4.78, 5) is 22.7. The van der Waals surface area contributed by atoms with Crippen molar-refractivity contribution in [3.63, 3.8) is 0 Å². The summed E-state index contributed by atoms with van der Waals surface area (Å²) in [5, 5.41) is 11.3. The third-order valence-electron chi connectivity index (χ3n) is 2.27. The molecule has 0 spiro atoms. The number of carboxylic acid groups (broad SMARTS) is 1. The van der Waals surface area contributed by atoms with E-state index in [-0.39, 0.29) is 11.7 Å². The van der Waals surface area contributed by atoms with Crippen molar-refractivity contribution in [2.24, 2.45) is 0 Å².